The average Bonchev–Trinajstić information content (AvgIpc) is 2.90. The average molecular weight is 303 g/mol. The fraction of sp³-hybridized carbons (Fsp3) is 0.133. The summed E-state index contributed by atoms with van der Waals surface area (Å²) in [6.45, 7) is 0.870. The van der Waals surface area contributed by atoms with Crippen LogP contribution in [0.15, 0.2) is 36.5 Å². The Morgan fingerprint density at radius 3 is 2.48 bits per heavy atom. The van der Waals surface area contributed by atoms with Crippen molar-refractivity contribution in [2.24, 2.45) is 0 Å². The third kappa shape index (κ3) is 2.60. The zero-order valence-electron chi connectivity index (χ0n) is 10.9. The molecule has 1 aromatic carbocycles. The minimum Gasteiger partial charge on any atom is -0.478 e. The molecule has 0 unspecified atom stereocenters. The van der Waals surface area contributed by atoms with Crippen LogP contribution in [0.1, 0.15) is 31.8 Å². The predicted molar refractivity (Wildman–Crippen MR) is 76.2 cm³/mol. The number of pyridine rings is 1. The number of benzene rings is 1. The molecule has 0 spiro atoms. The Morgan fingerprint density at radius 2 is 1.81 bits per heavy atom. The molecule has 2 heterocycles. The zero-order chi connectivity index (χ0) is 15.0. The Bertz CT molecular complexity index is 728. The van der Waals surface area contributed by atoms with Crippen molar-refractivity contribution in [3.63, 3.8) is 0 Å². The van der Waals surface area contributed by atoms with Gasteiger partial charge in [0.1, 0.15) is 5.15 Å². The molecule has 0 fully saturated rings. The van der Waals surface area contributed by atoms with Crippen molar-refractivity contribution in [3.05, 3.63) is 63.9 Å². The van der Waals surface area contributed by atoms with E-state index in [0.29, 0.717) is 23.8 Å². The van der Waals surface area contributed by atoms with Crippen molar-refractivity contribution in [2.45, 2.75) is 13.1 Å². The number of halogens is 1. The fourth-order valence-corrected chi connectivity index (χ4v) is 2.47. The summed E-state index contributed by atoms with van der Waals surface area (Å²) in [7, 11) is 0. The molecule has 0 saturated carbocycles. The van der Waals surface area contributed by atoms with Crippen LogP contribution < -0.4 is 0 Å². The second-order valence-corrected chi connectivity index (χ2v) is 5.21. The van der Waals surface area contributed by atoms with E-state index in [1.54, 1.807) is 35.2 Å². The van der Waals surface area contributed by atoms with E-state index in [2.05, 4.69) is 4.98 Å². The van der Waals surface area contributed by atoms with Gasteiger partial charge in [-0.05, 0) is 35.4 Å². The van der Waals surface area contributed by atoms with Gasteiger partial charge in [0.05, 0.1) is 11.1 Å². The van der Waals surface area contributed by atoms with Gasteiger partial charge in [-0.25, -0.2) is 9.78 Å². The number of nitrogens with zero attached hydrogens (tertiary/aromatic N) is 2. The SMILES string of the molecule is O=C(O)c1ccc2c(c1)CN(C(=O)c1ccc(Cl)nc1)C2. The molecule has 21 heavy (non-hydrogen) atoms. The molecule has 6 heteroatoms. The molecule has 5 nitrogen and oxygen atoms in total. The van der Waals surface area contributed by atoms with Crippen LogP contribution >= 0.6 is 11.6 Å². The maximum Gasteiger partial charge on any atom is 0.335 e. The first kappa shape index (κ1) is 13.6. The Balaban J connectivity index is 1.82. The Kier molecular flexibility index (Phi) is 3.35. The van der Waals surface area contributed by atoms with Crippen LogP contribution in [-0.4, -0.2) is 26.9 Å². The van der Waals surface area contributed by atoms with Gasteiger partial charge in [0, 0.05) is 19.3 Å². The van der Waals surface area contributed by atoms with Crippen LogP contribution in [0.4, 0.5) is 0 Å². The monoisotopic (exact) mass is 302 g/mol. The van der Waals surface area contributed by atoms with E-state index in [0.717, 1.165) is 11.1 Å². The first-order valence-electron chi connectivity index (χ1n) is 6.30. The van der Waals surface area contributed by atoms with Gasteiger partial charge in [0.25, 0.3) is 5.91 Å². The molecule has 1 amide bonds. The highest BCUT2D eigenvalue weighted by atomic mass is 35.5. The fourth-order valence-electron chi connectivity index (χ4n) is 2.36. The molecular formula is C15H11ClN2O3. The first-order chi connectivity index (χ1) is 10.0. The quantitative estimate of drug-likeness (QED) is 0.866. The minimum absolute atomic E-state index is 0.146. The van der Waals surface area contributed by atoms with E-state index in [9.17, 15) is 9.59 Å². The Hall–Kier alpha value is -2.40. The van der Waals surface area contributed by atoms with Gasteiger partial charge in [0.2, 0.25) is 0 Å². The van der Waals surface area contributed by atoms with Crippen molar-refractivity contribution in [3.8, 4) is 0 Å². The van der Waals surface area contributed by atoms with Gasteiger partial charge in [-0.15, -0.1) is 0 Å². The van der Waals surface area contributed by atoms with Crippen LogP contribution in [0.5, 0.6) is 0 Å². The number of amides is 1. The van der Waals surface area contributed by atoms with E-state index in [1.165, 1.54) is 6.20 Å². The number of carboxylic acid groups (broad SMARTS) is 1. The number of carbonyl (C=O) groups excluding carboxylic acids is 1. The number of rotatable bonds is 2. The number of hydrogen-bond acceptors (Lipinski definition) is 3. The van der Waals surface area contributed by atoms with Gasteiger partial charge in [-0.2, -0.15) is 0 Å². The lowest BCUT2D eigenvalue weighted by Crippen LogP contribution is -2.25. The largest absolute Gasteiger partial charge is 0.478 e. The molecule has 1 N–H and O–H groups in total. The number of fused-ring (bicyclic) bond motifs is 1. The topological polar surface area (TPSA) is 70.5 Å². The summed E-state index contributed by atoms with van der Waals surface area (Å²) in [4.78, 5) is 28.9. The Morgan fingerprint density at radius 1 is 1.10 bits per heavy atom. The molecular weight excluding hydrogens is 292 g/mol. The summed E-state index contributed by atoms with van der Waals surface area (Å²) >= 11 is 5.70. The van der Waals surface area contributed by atoms with Gasteiger partial charge >= 0.3 is 5.97 Å². The van der Waals surface area contributed by atoms with E-state index < -0.39 is 5.97 Å². The van der Waals surface area contributed by atoms with Crippen molar-refractivity contribution in [2.75, 3.05) is 0 Å². The van der Waals surface area contributed by atoms with E-state index in [1.807, 2.05) is 0 Å². The van der Waals surface area contributed by atoms with Crippen LogP contribution in [0.2, 0.25) is 5.15 Å². The standard InChI is InChI=1S/C15H11ClN2O3/c16-13-4-3-10(6-17-13)14(19)18-7-11-2-1-9(15(20)21)5-12(11)8-18/h1-6H,7-8H2,(H,20,21). The van der Waals surface area contributed by atoms with Gasteiger partial charge in [0.15, 0.2) is 0 Å². The molecule has 3 rings (SSSR count). The highest BCUT2D eigenvalue weighted by molar-refractivity contribution is 6.29. The van der Waals surface area contributed by atoms with Crippen LogP contribution in [0.3, 0.4) is 0 Å². The van der Waals surface area contributed by atoms with E-state index in [-0.39, 0.29) is 11.5 Å². The summed E-state index contributed by atoms with van der Waals surface area (Å²) in [5, 5.41) is 9.33. The molecule has 1 aromatic heterocycles. The molecule has 1 aliphatic heterocycles. The summed E-state index contributed by atoms with van der Waals surface area (Å²) in [6.07, 6.45) is 1.44. The van der Waals surface area contributed by atoms with Gasteiger partial charge < -0.3 is 10.0 Å². The minimum atomic E-state index is -0.968. The molecule has 0 atom stereocenters. The summed E-state index contributed by atoms with van der Waals surface area (Å²) in [6, 6.07) is 8.13. The van der Waals surface area contributed by atoms with Crippen molar-refractivity contribution in [1.29, 1.82) is 0 Å². The van der Waals surface area contributed by atoms with E-state index >= 15 is 0 Å². The maximum absolute atomic E-state index is 12.4. The third-order valence-corrected chi connectivity index (χ3v) is 3.66. The van der Waals surface area contributed by atoms with Crippen molar-refractivity contribution >= 4 is 23.5 Å². The van der Waals surface area contributed by atoms with Crippen LogP contribution in [0.25, 0.3) is 0 Å². The predicted octanol–water partition coefficient (Wildman–Crippen LogP) is 2.59. The molecule has 1 aliphatic rings. The van der Waals surface area contributed by atoms with E-state index in [4.69, 9.17) is 16.7 Å². The molecule has 0 bridgehead atoms. The first-order valence-corrected chi connectivity index (χ1v) is 6.68. The van der Waals surface area contributed by atoms with Gasteiger partial charge in [-0.3, -0.25) is 4.79 Å². The maximum atomic E-state index is 12.4. The number of carbonyl (C=O) groups is 2. The lowest BCUT2D eigenvalue weighted by molar-refractivity contribution is 0.0696. The normalized spacial score (nSPS) is 13.1. The zero-order valence-corrected chi connectivity index (χ0v) is 11.7. The highest BCUT2D eigenvalue weighted by Crippen LogP contribution is 2.25. The second kappa shape index (κ2) is 5.18. The molecule has 0 radical (unpaired) electrons. The third-order valence-electron chi connectivity index (χ3n) is 3.44. The number of aromatic carboxylic acids is 1. The molecule has 2 aromatic rings. The Labute approximate surface area is 125 Å². The number of carboxylic acids is 1. The van der Waals surface area contributed by atoms with Crippen LogP contribution in [0, 0.1) is 0 Å². The smallest absolute Gasteiger partial charge is 0.335 e. The van der Waals surface area contributed by atoms with Gasteiger partial charge in [-0.1, -0.05) is 17.7 Å². The number of aromatic nitrogens is 1. The lowest BCUT2D eigenvalue weighted by atomic mass is 10.1. The lowest BCUT2D eigenvalue weighted by Gasteiger charge is -2.15. The number of hydrogen-bond donors (Lipinski definition) is 1. The summed E-state index contributed by atoms with van der Waals surface area (Å²) < 4.78 is 0. The second-order valence-electron chi connectivity index (χ2n) is 4.82. The van der Waals surface area contributed by atoms with Crippen LogP contribution in [-0.2, 0) is 13.1 Å². The molecule has 106 valence electrons. The summed E-state index contributed by atoms with van der Waals surface area (Å²) in [5.74, 6) is -1.11. The molecule has 0 aliphatic carbocycles. The molecule has 0 saturated heterocycles. The highest BCUT2D eigenvalue weighted by Gasteiger charge is 2.25. The summed E-state index contributed by atoms with van der Waals surface area (Å²) in [5.41, 5.74) is 2.53. The van der Waals surface area contributed by atoms with Crippen molar-refractivity contribution < 1.29 is 14.7 Å². The van der Waals surface area contributed by atoms with Crippen molar-refractivity contribution in [1.82, 2.24) is 9.88 Å².